The Morgan fingerprint density at radius 3 is 2.09 bits per heavy atom. The van der Waals surface area contributed by atoms with Crippen molar-refractivity contribution in [3.05, 3.63) is 192 Å². The van der Waals surface area contributed by atoms with E-state index >= 15 is 0 Å². The number of hydrogen-bond acceptors (Lipinski definition) is 6. The summed E-state index contributed by atoms with van der Waals surface area (Å²) in [5, 5.41) is 11.9. The summed E-state index contributed by atoms with van der Waals surface area (Å²) >= 11 is 1.79. The Balaban J connectivity index is 1.05. The molecule has 256 valence electrons. The number of benzene rings is 6. The van der Waals surface area contributed by atoms with Gasteiger partial charge in [-0.15, -0.1) is 0 Å². The highest BCUT2D eigenvalue weighted by Gasteiger charge is 2.52. The number of anilines is 3. The van der Waals surface area contributed by atoms with Gasteiger partial charge in [0.1, 0.15) is 11.5 Å². The zero-order valence-electron chi connectivity index (χ0n) is 29.1. The molecule has 0 radical (unpaired) electrons. The van der Waals surface area contributed by atoms with Crippen LogP contribution in [0.5, 0.6) is 11.5 Å². The Morgan fingerprint density at radius 1 is 0.545 bits per heavy atom. The van der Waals surface area contributed by atoms with Crippen LogP contribution in [0.2, 0.25) is 0 Å². The molecule has 0 saturated heterocycles. The van der Waals surface area contributed by atoms with Crippen molar-refractivity contribution in [3.8, 4) is 34.6 Å². The monoisotopic (exact) mass is 721 g/mol. The summed E-state index contributed by atoms with van der Waals surface area (Å²) < 4.78 is 9.18. The van der Waals surface area contributed by atoms with Gasteiger partial charge < -0.3 is 14.2 Å². The molecule has 7 heteroatoms. The Bertz CT molecular complexity index is 3110. The number of para-hydroxylation sites is 3. The average Bonchev–Trinajstić information content (AvgIpc) is 3.73. The van der Waals surface area contributed by atoms with Gasteiger partial charge in [-0.1, -0.05) is 78.5 Å². The summed E-state index contributed by atoms with van der Waals surface area (Å²) in [6.07, 6.45) is 3.71. The van der Waals surface area contributed by atoms with E-state index in [4.69, 9.17) is 14.7 Å². The van der Waals surface area contributed by atoms with Crippen LogP contribution < -0.4 is 9.64 Å². The molecule has 1 spiro atoms. The Hall–Kier alpha value is -7.14. The lowest BCUT2D eigenvalue weighted by molar-refractivity contribution is 0.436. The smallest absolute Gasteiger partial charge is 0.134 e. The number of pyridine rings is 2. The van der Waals surface area contributed by atoms with E-state index in [1.54, 1.807) is 11.8 Å². The number of nitrogens with zero attached hydrogens (tertiary/aromatic N) is 5. The first kappa shape index (κ1) is 30.3. The number of hydrogen-bond donors (Lipinski definition) is 0. The predicted molar refractivity (Wildman–Crippen MR) is 217 cm³/mol. The normalized spacial score (nSPS) is 14.0. The molecule has 0 amide bonds. The third-order valence-electron chi connectivity index (χ3n) is 11.4. The lowest BCUT2D eigenvalue weighted by Crippen LogP contribution is -2.32. The summed E-state index contributed by atoms with van der Waals surface area (Å²) in [5.74, 6) is 1.63. The fourth-order valence-corrected chi connectivity index (χ4v) is 10.3. The topological polar surface area (TPSA) is 67.0 Å². The fraction of sp³-hybridized carbons (Fsp3) is 0.0208. The van der Waals surface area contributed by atoms with E-state index in [9.17, 15) is 5.26 Å². The third kappa shape index (κ3) is 4.04. The van der Waals surface area contributed by atoms with Crippen LogP contribution >= 0.6 is 11.8 Å². The van der Waals surface area contributed by atoms with Crippen LogP contribution in [-0.4, -0.2) is 14.5 Å². The molecule has 0 N–H and O–H groups in total. The van der Waals surface area contributed by atoms with Crippen LogP contribution in [0.1, 0.15) is 27.8 Å². The molecule has 12 rings (SSSR count). The molecule has 2 aliphatic heterocycles. The lowest BCUT2D eigenvalue weighted by Gasteiger charge is -2.40. The number of fused-ring (bicyclic) bond motifs is 14. The molecule has 5 heterocycles. The van der Waals surface area contributed by atoms with E-state index < -0.39 is 5.41 Å². The van der Waals surface area contributed by atoms with E-state index in [0.29, 0.717) is 5.56 Å². The van der Waals surface area contributed by atoms with Gasteiger partial charge >= 0.3 is 0 Å². The lowest BCUT2D eigenvalue weighted by atomic mass is 9.66. The average molecular weight is 722 g/mol. The maximum Gasteiger partial charge on any atom is 0.134 e. The van der Waals surface area contributed by atoms with Crippen molar-refractivity contribution in [1.82, 2.24) is 14.5 Å². The number of rotatable bonds is 2. The largest absolute Gasteiger partial charge is 0.457 e. The van der Waals surface area contributed by atoms with Gasteiger partial charge in [-0.2, -0.15) is 5.26 Å². The molecular formula is C48H27N5OS. The van der Waals surface area contributed by atoms with Gasteiger partial charge in [0.25, 0.3) is 0 Å². The molecular weight excluding hydrogens is 695 g/mol. The minimum atomic E-state index is -0.630. The molecule has 3 aliphatic rings. The SMILES string of the molecule is N#Cc1ccc2c(c1)c1ccccc1n2-c1ccc2c(c1)Sc1ccccc1N2c1ccc2c(c1)Oc1ccccc1C21c2cccnc2-c2ncccc21. The first-order valence-electron chi connectivity index (χ1n) is 18.2. The van der Waals surface area contributed by atoms with Crippen molar-refractivity contribution in [2.24, 2.45) is 0 Å². The van der Waals surface area contributed by atoms with Gasteiger partial charge in [-0.05, 0) is 90.0 Å². The summed E-state index contributed by atoms with van der Waals surface area (Å²) in [6, 6.07) is 55.5. The zero-order chi connectivity index (χ0) is 36.3. The Labute approximate surface area is 320 Å². The summed E-state index contributed by atoms with van der Waals surface area (Å²) in [4.78, 5) is 14.4. The quantitative estimate of drug-likeness (QED) is 0.177. The van der Waals surface area contributed by atoms with Crippen LogP contribution in [0.3, 0.4) is 0 Å². The minimum absolute atomic E-state index is 0.630. The van der Waals surface area contributed by atoms with Crippen LogP contribution in [-0.2, 0) is 5.41 Å². The summed E-state index contributed by atoms with van der Waals surface area (Å²) in [7, 11) is 0. The maximum atomic E-state index is 9.69. The molecule has 6 aromatic carbocycles. The van der Waals surface area contributed by atoms with Crippen LogP contribution in [0.25, 0.3) is 38.9 Å². The maximum absolute atomic E-state index is 9.69. The Morgan fingerprint density at radius 2 is 1.24 bits per heavy atom. The highest BCUT2D eigenvalue weighted by molar-refractivity contribution is 7.99. The zero-order valence-corrected chi connectivity index (χ0v) is 30.0. The third-order valence-corrected chi connectivity index (χ3v) is 12.5. The number of ether oxygens (including phenoxy) is 1. The van der Waals surface area contributed by atoms with Crippen molar-refractivity contribution in [2.45, 2.75) is 15.2 Å². The van der Waals surface area contributed by atoms with E-state index in [2.05, 4.69) is 137 Å². The van der Waals surface area contributed by atoms with E-state index in [-0.39, 0.29) is 0 Å². The van der Waals surface area contributed by atoms with Crippen LogP contribution in [0, 0.1) is 11.3 Å². The van der Waals surface area contributed by atoms with Crippen LogP contribution in [0.4, 0.5) is 17.1 Å². The van der Waals surface area contributed by atoms with Gasteiger partial charge in [0, 0.05) is 61.5 Å². The first-order valence-corrected chi connectivity index (χ1v) is 19.0. The molecule has 1 aliphatic carbocycles. The van der Waals surface area contributed by atoms with Crippen molar-refractivity contribution in [2.75, 3.05) is 4.90 Å². The minimum Gasteiger partial charge on any atom is -0.457 e. The molecule has 9 aromatic rings. The predicted octanol–water partition coefficient (Wildman–Crippen LogP) is 11.8. The second kappa shape index (κ2) is 11.2. The van der Waals surface area contributed by atoms with Gasteiger partial charge in [-0.25, -0.2) is 0 Å². The van der Waals surface area contributed by atoms with Gasteiger partial charge in [0.2, 0.25) is 0 Å². The van der Waals surface area contributed by atoms with Crippen molar-refractivity contribution < 1.29 is 4.74 Å². The number of aromatic nitrogens is 3. The number of nitriles is 1. The second-order valence-electron chi connectivity index (χ2n) is 14.1. The van der Waals surface area contributed by atoms with E-state index in [0.717, 1.165) is 94.6 Å². The molecule has 0 fully saturated rings. The molecule has 6 nitrogen and oxygen atoms in total. The molecule has 3 aromatic heterocycles. The fourth-order valence-electron chi connectivity index (χ4n) is 9.18. The van der Waals surface area contributed by atoms with Gasteiger partial charge in [-0.3, -0.25) is 9.97 Å². The van der Waals surface area contributed by atoms with Gasteiger partial charge in [0.15, 0.2) is 0 Å². The van der Waals surface area contributed by atoms with E-state index in [1.165, 1.54) is 4.90 Å². The first-order chi connectivity index (χ1) is 27.2. The Kier molecular flexibility index (Phi) is 6.17. The van der Waals surface area contributed by atoms with Crippen molar-refractivity contribution >= 4 is 50.6 Å². The van der Waals surface area contributed by atoms with Gasteiger partial charge in [0.05, 0.1) is 50.8 Å². The second-order valence-corrected chi connectivity index (χ2v) is 15.2. The molecule has 55 heavy (non-hydrogen) atoms. The molecule has 0 bridgehead atoms. The van der Waals surface area contributed by atoms with Crippen molar-refractivity contribution in [3.63, 3.8) is 0 Å². The molecule has 0 atom stereocenters. The van der Waals surface area contributed by atoms with Crippen LogP contribution in [0.15, 0.2) is 174 Å². The highest BCUT2D eigenvalue weighted by atomic mass is 32.2. The standard InChI is InChI=1S/C48H27N5OS/c49-28-29-17-21-39-33(25-29)32-9-1-3-13-38(32)52(39)31-19-22-41-45(27-31)55-44-16-6-4-14-40(44)53(41)30-18-20-35-43(26-30)54-42-15-5-2-10-34(42)48(35)36-11-7-23-50-46(36)47-37(48)12-8-24-51-47/h1-27H. The van der Waals surface area contributed by atoms with Crippen molar-refractivity contribution in [1.29, 1.82) is 5.26 Å². The summed E-state index contributed by atoms with van der Waals surface area (Å²) in [6.45, 7) is 0. The summed E-state index contributed by atoms with van der Waals surface area (Å²) in [5.41, 5.74) is 12.7. The van der Waals surface area contributed by atoms with E-state index in [1.807, 2.05) is 42.7 Å². The highest BCUT2D eigenvalue weighted by Crippen LogP contribution is 2.62. The molecule has 0 unspecified atom stereocenters. The molecule has 0 saturated carbocycles.